The van der Waals surface area contributed by atoms with Crippen molar-refractivity contribution in [3.63, 3.8) is 0 Å². The number of amides is 1. The zero-order valence-electron chi connectivity index (χ0n) is 12.8. The molecule has 1 aromatic carbocycles. The molecule has 2 rings (SSSR count). The Morgan fingerprint density at radius 1 is 1.41 bits per heavy atom. The number of hydrogen-bond donors (Lipinski definition) is 1. The van der Waals surface area contributed by atoms with Crippen LogP contribution in [0.4, 0.5) is 5.69 Å². The van der Waals surface area contributed by atoms with Crippen molar-refractivity contribution in [3.8, 4) is 11.8 Å². The lowest BCUT2D eigenvalue weighted by atomic mass is 9.99. The van der Waals surface area contributed by atoms with Crippen molar-refractivity contribution >= 4 is 17.6 Å². The van der Waals surface area contributed by atoms with Gasteiger partial charge in [0.1, 0.15) is 17.4 Å². The Labute approximate surface area is 129 Å². The van der Waals surface area contributed by atoms with Crippen molar-refractivity contribution in [1.29, 1.82) is 5.26 Å². The van der Waals surface area contributed by atoms with E-state index < -0.39 is 11.6 Å². The topological polar surface area (TPSA) is 88.4 Å². The standard InChI is InChI=1S/C16H18N2O4/c1-10(19)22-14-7-6-13(8-11(14)9-17)18-15(20)16(2,21-3)12-4-5-12/h6-8,12H,4-5H2,1-3H3,(H,18,20). The summed E-state index contributed by atoms with van der Waals surface area (Å²) >= 11 is 0. The minimum atomic E-state index is -0.874. The molecule has 0 aliphatic heterocycles. The SMILES string of the molecule is COC(C)(C(=O)Nc1ccc(OC(C)=O)c(C#N)c1)C1CC1. The van der Waals surface area contributed by atoms with Crippen LogP contribution in [0.5, 0.6) is 5.75 Å². The average Bonchev–Trinajstić information content (AvgIpc) is 3.32. The van der Waals surface area contributed by atoms with Gasteiger partial charge < -0.3 is 14.8 Å². The van der Waals surface area contributed by atoms with Gasteiger partial charge in [-0.05, 0) is 43.9 Å². The minimum Gasteiger partial charge on any atom is -0.425 e. The summed E-state index contributed by atoms with van der Waals surface area (Å²) in [7, 11) is 1.52. The molecule has 1 fully saturated rings. The fourth-order valence-electron chi connectivity index (χ4n) is 2.27. The van der Waals surface area contributed by atoms with E-state index in [-0.39, 0.29) is 23.1 Å². The quantitative estimate of drug-likeness (QED) is 0.665. The Kier molecular flexibility index (Phi) is 4.48. The largest absolute Gasteiger partial charge is 0.425 e. The first kappa shape index (κ1) is 16.0. The molecule has 1 unspecified atom stereocenters. The number of benzene rings is 1. The zero-order chi connectivity index (χ0) is 16.3. The van der Waals surface area contributed by atoms with Crippen molar-refractivity contribution in [2.24, 2.45) is 5.92 Å². The number of rotatable bonds is 5. The van der Waals surface area contributed by atoms with Gasteiger partial charge in [0.15, 0.2) is 0 Å². The maximum atomic E-state index is 12.4. The van der Waals surface area contributed by atoms with Crippen molar-refractivity contribution in [2.45, 2.75) is 32.3 Å². The van der Waals surface area contributed by atoms with Crippen LogP contribution in [0.2, 0.25) is 0 Å². The predicted molar refractivity (Wildman–Crippen MR) is 79.2 cm³/mol. The second kappa shape index (κ2) is 6.16. The number of nitrogens with zero attached hydrogens (tertiary/aromatic N) is 1. The van der Waals surface area contributed by atoms with Crippen molar-refractivity contribution in [2.75, 3.05) is 12.4 Å². The second-order valence-electron chi connectivity index (χ2n) is 5.46. The van der Waals surface area contributed by atoms with Crippen LogP contribution in [0.1, 0.15) is 32.3 Å². The van der Waals surface area contributed by atoms with E-state index in [2.05, 4.69) is 5.32 Å². The highest BCUT2D eigenvalue weighted by molar-refractivity contribution is 5.97. The van der Waals surface area contributed by atoms with Crippen LogP contribution in [0, 0.1) is 17.2 Å². The van der Waals surface area contributed by atoms with Crippen LogP contribution < -0.4 is 10.1 Å². The number of nitriles is 1. The lowest BCUT2D eigenvalue weighted by Crippen LogP contribution is -2.44. The summed E-state index contributed by atoms with van der Waals surface area (Å²) in [6.45, 7) is 3.02. The first-order valence-corrected chi connectivity index (χ1v) is 7.00. The molecule has 1 amide bonds. The molecule has 0 saturated heterocycles. The molecule has 1 saturated carbocycles. The van der Waals surface area contributed by atoms with Crippen LogP contribution >= 0.6 is 0 Å². The normalized spacial score (nSPS) is 16.3. The number of hydrogen-bond acceptors (Lipinski definition) is 5. The second-order valence-corrected chi connectivity index (χ2v) is 5.46. The average molecular weight is 302 g/mol. The number of carbonyl (C=O) groups is 2. The summed E-state index contributed by atoms with van der Waals surface area (Å²) in [6, 6.07) is 6.48. The summed E-state index contributed by atoms with van der Waals surface area (Å²) in [6.07, 6.45) is 1.93. The van der Waals surface area contributed by atoms with E-state index in [1.165, 1.54) is 26.2 Å². The number of esters is 1. The van der Waals surface area contributed by atoms with Gasteiger partial charge in [0.25, 0.3) is 5.91 Å². The van der Waals surface area contributed by atoms with Crippen LogP contribution in [-0.4, -0.2) is 24.6 Å². The third-order valence-electron chi connectivity index (χ3n) is 3.84. The molecule has 22 heavy (non-hydrogen) atoms. The van der Waals surface area contributed by atoms with E-state index >= 15 is 0 Å². The van der Waals surface area contributed by atoms with Gasteiger partial charge in [-0.1, -0.05) is 0 Å². The first-order chi connectivity index (χ1) is 10.4. The maximum Gasteiger partial charge on any atom is 0.308 e. The van der Waals surface area contributed by atoms with Gasteiger partial charge in [-0.3, -0.25) is 9.59 Å². The van der Waals surface area contributed by atoms with E-state index in [1.807, 2.05) is 6.07 Å². The van der Waals surface area contributed by atoms with Crippen molar-refractivity contribution < 1.29 is 19.1 Å². The van der Waals surface area contributed by atoms with Crippen LogP contribution in [0.25, 0.3) is 0 Å². The van der Waals surface area contributed by atoms with E-state index in [9.17, 15) is 9.59 Å². The Morgan fingerprint density at radius 3 is 2.59 bits per heavy atom. The predicted octanol–water partition coefficient (Wildman–Crippen LogP) is 2.24. The summed E-state index contributed by atoms with van der Waals surface area (Å²) < 4.78 is 10.3. The Bertz CT molecular complexity index is 646. The zero-order valence-corrected chi connectivity index (χ0v) is 12.8. The molecule has 0 bridgehead atoms. The molecule has 0 heterocycles. The molecule has 1 atom stereocenters. The van der Waals surface area contributed by atoms with E-state index in [4.69, 9.17) is 14.7 Å². The molecular formula is C16H18N2O4. The highest BCUT2D eigenvalue weighted by Gasteiger charge is 2.47. The van der Waals surface area contributed by atoms with Gasteiger partial charge in [-0.2, -0.15) is 5.26 Å². The number of ether oxygens (including phenoxy) is 2. The molecule has 0 spiro atoms. The van der Waals surface area contributed by atoms with Crippen molar-refractivity contribution in [1.82, 2.24) is 0 Å². The van der Waals surface area contributed by atoms with Gasteiger partial charge in [-0.15, -0.1) is 0 Å². The summed E-state index contributed by atoms with van der Waals surface area (Å²) in [4.78, 5) is 23.4. The Balaban J connectivity index is 2.18. The summed E-state index contributed by atoms with van der Waals surface area (Å²) in [5.74, 6) is -0.367. The summed E-state index contributed by atoms with van der Waals surface area (Å²) in [5.41, 5.74) is -0.235. The highest BCUT2D eigenvalue weighted by Crippen LogP contribution is 2.42. The Hall–Kier alpha value is -2.39. The van der Waals surface area contributed by atoms with Crippen LogP contribution in [0.15, 0.2) is 18.2 Å². The molecule has 116 valence electrons. The molecule has 1 aromatic rings. The highest BCUT2D eigenvalue weighted by atomic mass is 16.5. The number of methoxy groups -OCH3 is 1. The summed E-state index contributed by atoms with van der Waals surface area (Å²) in [5, 5.41) is 11.9. The minimum absolute atomic E-state index is 0.171. The van der Waals surface area contributed by atoms with Gasteiger partial charge in [0.2, 0.25) is 0 Å². The molecule has 6 heteroatoms. The Morgan fingerprint density at radius 2 is 2.09 bits per heavy atom. The van der Waals surface area contributed by atoms with E-state index in [1.54, 1.807) is 13.0 Å². The number of nitrogens with one attached hydrogen (secondary N) is 1. The fourth-order valence-corrected chi connectivity index (χ4v) is 2.27. The van der Waals surface area contributed by atoms with E-state index in [0.29, 0.717) is 5.69 Å². The number of carbonyl (C=O) groups excluding carboxylic acids is 2. The van der Waals surface area contributed by atoms with Crippen LogP contribution in [-0.2, 0) is 14.3 Å². The third kappa shape index (κ3) is 3.26. The molecule has 0 radical (unpaired) electrons. The van der Waals surface area contributed by atoms with Gasteiger partial charge in [0, 0.05) is 19.7 Å². The smallest absolute Gasteiger partial charge is 0.308 e. The molecule has 1 aliphatic rings. The lowest BCUT2D eigenvalue weighted by molar-refractivity contribution is -0.138. The third-order valence-corrected chi connectivity index (χ3v) is 3.84. The first-order valence-electron chi connectivity index (χ1n) is 7.00. The van der Waals surface area contributed by atoms with Gasteiger partial charge in [0.05, 0.1) is 5.56 Å². The molecule has 6 nitrogen and oxygen atoms in total. The van der Waals surface area contributed by atoms with Crippen molar-refractivity contribution in [3.05, 3.63) is 23.8 Å². The van der Waals surface area contributed by atoms with E-state index in [0.717, 1.165) is 12.8 Å². The maximum absolute atomic E-state index is 12.4. The van der Waals surface area contributed by atoms with Gasteiger partial charge >= 0.3 is 5.97 Å². The van der Waals surface area contributed by atoms with Crippen LogP contribution in [0.3, 0.4) is 0 Å². The molecule has 1 N–H and O–H groups in total. The molecule has 1 aliphatic carbocycles. The van der Waals surface area contributed by atoms with Gasteiger partial charge in [-0.25, -0.2) is 0 Å². The molecular weight excluding hydrogens is 284 g/mol. The number of anilines is 1. The lowest BCUT2D eigenvalue weighted by Gasteiger charge is -2.26. The fraction of sp³-hybridized carbons (Fsp3) is 0.438. The molecule has 0 aromatic heterocycles. The monoisotopic (exact) mass is 302 g/mol.